The number of nitrogens with zero attached hydrogens (tertiary/aromatic N) is 1. The highest BCUT2D eigenvalue weighted by molar-refractivity contribution is 5.54. The summed E-state index contributed by atoms with van der Waals surface area (Å²) in [5.74, 6) is 0. The number of piperazine rings is 1. The van der Waals surface area contributed by atoms with Gasteiger partial charge in [-0.25, -0.2) is 0 Å². The van der Waals surface area contributed by atoms with Gasteiger partial charge >= 0.3 is 0 Å². The Bertz CT molecular complexity index is 335. The second-order valence-electron chi connectivity index (χ2n) is 4.60. The van der Waals surface area contributed by atoms with Crippen LogP contribution in [-0.4, -0.2) is 25.2 Å². The van der Waals surface area contributed by atoms with Crippen LogP contribution in [0.5, 0.6) is 0 Å². The third-order valence-electron chi connectivity index (χ3n) is 3.19. The van der Waals surface area contributed by atoms with Crippen LogP contribution in [0.15, 0.2) is 24.3 Å². The Balaban J connectivity index is 2.25. The first-order valence-corrected chi connectivity index (χ1v) is 5.74. The number of anilines is 1. The van der Waals surface area contributed by atoms with Gasteiger partial charge in [-0.2, -0.15) is 0 Å². The van der Waals surface area contributed by atoms with Gasteiger partial charge in [0.2, 0.25) is 0 Å². The van der Waals surface area contributed by atoms with E-state index in [0.717, 1.165) is 13.1 Å². The van der Waals surface area contributed by atoms with E-state index in [-0.39, 0.29) is 0 Å². The van der Waals surface area contributed by atoms with Crippen LogP contribution in [0, 0.1) is 6.92 Å². The number of hydrogen-bond donors (Lipinski definition) is 1. The van der Waals surface area contributed by atoms with E-state index in [9.17, 15) is 0 Å². The van der Waals surface area contributed by atoms with Gasteiger partial charge in [0, 0.05) is 30.9 Å². The largest absolute Gasteiger partial charge is 0.366 e. The maximum absolute atomic E-state index is 3.51. The summed E-state index contributed by atoms with van der Waals surface area (Å²) in [6.07, 6.45) is 0. The van der Waals surface area contributed by atoms with Crippen molar-refractivity contribution in [2.45, 2.75) is 32.9 Å². The highest BCUT2D eigenvalue weighted by atomic mass is 15.2. The molecule has 1 heterocycles. The van der Waals surface area contributed by atoms with Gasteiger partial charge in [-0.1, -0.05) is 18.2 Å². The summed E-state index contributed by atoms with van der Waals surface area (Å²) in [7, 11) is 0. The van der Waals surface area contributed by atoms with Crippen molar-refractivity contribution in [3.63, 3.8) is 0 Å². The molecule has 1 aliphatic heterocycles. The standard InChI is InChI=1S/C13H20N2/c1-10-6-4-5-7-13(10)15-9-11(2)14-8-12(15)3/h4-7,11-12,14H,8-9H2,1-3H3. The third-order valence-corrected chi connectivity index (χ3v) is 3.19. The molecule has 1 fully saturated rings. The van der Waals surface area contributed by atoms with Crippen LogP contribution in [0.25, 0.3) is 0 Å². The van der Waals surface area contributed by atoms with Crippen LogP contribution >= 0.6 is 0 Å². The first-order chi connectivity index (χ1) is 7.18. The molecule has 1 aliphatic rings. The van der Waals surface area contributed by atoms with Crippen molar-refractivity contribution in [2.75, 3.05) is 18.0 Å². The molecule has 0 radical (unpaired) electrons. The lowest BCUT2D eigenvalue weighted by atomic mass is 10.1. The highest BCUT2D eigenvalue weighted by Gasteiger charge is 2.23. The summed E-state index contributed by atoms with van der Waals surface area (Å²) >= 11 is 0. The molecule has 2 nitrogen and oxygen atoms in total. The fourth-order valence-electron chi connectivity index (χ4n) is 2.24. The molecule has 1 N–H and O–H groups in total. The molecule has 1 aromatic carbocycles. The highest BCUT2D eigenvalue weighted by Crippen LogP contribution is 2.23. The molecule has 0 bridgehead atoms. The quantitative estimate of drug-likeness (QED) is 0.754. The zero-order valence-corrected chi connectivity index (χ0v) is 9.83. The molecule has 2 unspecified atom stereocenters. The van der Waals surface area contributed by atoms with Crippen molar-refractivity contribution >= 4 is 5.69 Å². The second kappa shape index (κ2) is 4.23. The second-order valence-corrected chi connectivity index (χ2v) is 4.60. The van der Waals surface area contributed by atoms with Gasteiger partial charge in [0.15, 0.2) is 0 Å². The van der Waals surface area contributed by atoms with Crippen molar-refractivity contribution in [1.29, 1.82) is 0 Å². The summed E-state index contributed by atoms with van der Waals surface area (Å²) in [4.78, 5) is 2.51. The molecule has 2 heteroatoms. The molecule has 0 aliphatic carbocycles. The molecule has 0 spiro atoms. The topological polar surface area (TPSA) is 15.3 Å². The van der Waals surface area contributed by atoms with Gasteiger partial charge < -0.3 is 10.2 Å². The minimum Gasteiger partial charge on any atom is -0.366 e. The number of benzene rings is 1. The van der Waals surface area contributed by atoms with Crippen LogP contribution in [0.3, 0.4) is 0 Å². The lowest BCUT2D eigenvalue weighted by Crippen LogP contribution is -2.54. The van der Waals surface area contributed by atoms with Crippen LogP contribution in [-0.2, 0) is 0 Å². The SMILES string of the molecule is Cc1ccccc1N1CC(C)NCC1C. The van der Waals surface area contributed by atoms with Crippen LogP contribution in [0.2, 0.25) is 0 Å². The summed E-state index contributed by atoms with van der Waals surface area (Å²) in [5.41, 5.74) is 2.76. The maximum Gasteiger partial charge on any atom is 0.0399 e. The molecule has 1 saturated heterocycles. The first kappa shape index (κ1) is 10.5. The average molecular weight is 204 g/mol. The molecule has 1 aromatic rings. The fraction of sp³-hybridized carbons (Fsp3) is 0.538. The molecule has 0 amide bonds. The Morgan fingerprint density at radius 2 is 2.00 bits per heavy atom. The van der Waals surface area contributed by atoms with Gasteiger partial charge in [-0.15, -0.1) is 0 Å². The van der Waals surface area contributed by atoms with E-state index in [1.165, 1.54) is 11.3 Å². The lowest BCUT2D eigenvalue weighted by molar-refractivity contribution is 0.425. The molecule has 2 rings (SSSR count). The molecular weight excluding hydrogens is 184 g/mol. The zero-order valence-electron chi connectivity index (χ0n) is 9.83. The number of para-hydroxylation sites is 1. The maximum atomic E-state index is 3.51. The van der Waals surface area contributed by atoms with Gasteiger partial charge in [0.25, 0.3) is 0 Å². The predicted molar refractivity (Wildman–Crippen MR) is 65.5 cm³/mol. The van der Waals surface area contributed by atoms with E-state index in [0.29, 0.717) is 12.1 Å². The smallest absolute Gasteiger partial charge is 0.0399 e. The van der Waals surface area contributed by atoms with Crippen molar-refractivity contribution in [1.82, 2.24) is 5.32 Å². The number of rotatable bonds is 1. The molecule has 2 atom stereocenters. The average Bonchev–Trinajstić information content (AvgIpc) is 2.23. The lowest BCUT2D eigenvalue weighted by Gasteiger charge is -2.40. The van der Waals surface area contributed by atoms with Crippen LogP contribution in [0.1, 0.15) is 19.4 Å². The fourth-order valence-corrected chi connectivity index (χ4v) is 2.24. The van der Waals surface area contributed by atoms with Crippen LogP contribution < -0.4 is 10.2 Å². The van der Waals surface area contributed by atoms with Gasteiger partial charge in [-0.3, -0.25) is 0 Å². The van der Waals surface area contributed by atoms with E-state index in [1.54, 1.807) is 0 Å². The molecule has 15 heavy (non-hydrogen) atoms. The molecule has 0 saturated carbocycles. The van der Waals surface area contributed by atoms with E-state index in [2.05, 4.69) is 55.3 Å². The molecular formula is C13H20N2. The normalized spacial score (nSPS) is 26.7. The Hall–Kier alpha value is -1.02. The number of hydrogen-bond acceptors (Lipinski definition) is 2. The van der Waals surface area contributed by atoms with Gasteiger partial charge in [-0.05, 0) is 32.4 Å². The van der Waals surface area contributed by atoms with Crippen molar-refractivity contribution in [3.8, 4) is 0 Å². The van der Waals surface area contributed by atoms with E-state index in [1.807, 2.05) is 0 Å². The molecule has 0 aromatic heterocycles. The van der Waals surface area contributed by atoms with Gasteiger partial charge in [0.1, 0.15) is 0 Å². The zero-order chi connectivity index (χ0) is 10.8. The van der Waals surface area contributed by atoms with Crippen molar-refractivity contribution in [3.05, 3.63) is 29.8 Å². The number of nitrogens with one attached hydrogen (secondary N) is 1. The van der Waals surface area contributed by atoms with Crippen molar-refractivity contribution < 1.29 is 0 Å². The summed E-state index contributed by atoms with van der Waals surface area (Å²) in [6, 6.07) is 9.82. The first-order valence-electron chi connectivity index (χ1n) is 5.74. The minimum absolute atomic E-state index is 0.584. The Morgan fingerprint density at radius 3 is 2.73 bits per heavy atom. The molecule has 82 valence electrons. The predicted octanol–water partition coefficient (Wildman–Crippen LogP) is 2.18. The minimum atomic E-state index is 0.584. The van der Waals surface area contributed by atoms with E-state index >= 15 is 0 Å². The van der Waals surface area contributed by atoms with Crippen LogP contribution in [0.4, 0.5) is 5.69 Å². The third kappa shape index (κ3) is 2.15. The monoisotopic (exact) mass is 204 g/mol. The van der Waals surface area contributed by atoms with E-state index in [4.69, 9.17) is 0 Å². The number of aryl methyl sites for hydroxylation is 1. The van der Waals surface area contributed by atoms with Crippen molar-refractivity contribution in [2.24, 2.45) is 0 Å². The van der Waals surface area contributed by atoms with Gasteiger partial charge in [0.05, 0.1) is 0 Å². The Labute approximate surface area is 92.3 Å². The Morgan fingerprint density at radius 1 is 1.27 bits per heavy atom. The summed E-state index contributed by atoms with van der Waals surface area (Å²) in [5, 5.41) is 3.51. The summed E-state index contributed by atoms with van der Waals surface area (Å²) < 4.78 is 0. The van der Waals surface area contributed by atoms with E-state index < -0.39 is 0 Å². The Kier molecular flexibility index (Phi) is 2.96. The summed E-state index contributed by atoms with van der Waals surface area (Å²) in [6.45, 7) is 8.90.